The molecule has 0 aromatic heterocycles. The van der Waals surface area contributed by atoms with Crippen LogP contribution in [0, 0.1) is 31.9 Å². The van der Waals surface area contributed by atoms with E-state index in [0.29, 0.717) is 27.2 Å². The van der Waals surface area contributed by atoms with Crippen LogP contribution >= 0.6 is 22.6 Å². The van der Waals surface area contributed by atoms with Crippen LogP contribution in [0.5, 0.6) is 17.2 Å². The number of rotatable bonds is 8. The first-order chi connectivity index (χ1) is 16.7. The minimum absolute atomic E-state index is 0.0612. The Kier molecular flexibility index (Phi) is 8.27. The molecular weight excluding hydrogens is 565 g/mol. The Morgan fingerprint density at radius 2 is 2.00 bits per heavy atom. The molecular formula is C25H20IN3O6. The molecule has 0 aliphatic heterocycles. The van der Waals surface area contributed by atoms with E-state index in [1.54, 1.807) is 12.1 Å². The van der Waals surface area contributed by atoms with Crippen molar-refractivity contribution in [3.05, 3.63) is 90.5 Å². The number of carbonyl (C=O) groups is 1. The Labute approximate surface area is 214 Å². The number of ether oxygens (including phenoxy) is 2. The molecule has 0 atom stereocenters. The number of methoxy groups -OCH3 is 1. The van der Waals surface area contributed by atoms with Gasteiger partial charge in [0.2, 0.25) is 0 Å². The second kappa shape index (κ2) is 11.3. The van der Waals surface area contributed by atoms with Gasteiger partial charge in [0.25, 0.3) is 11.6 Å². The number of halogens is 1. The van der Waals surface area contributed by atoms with E-state index in [1.807, 2.05) is 37.3 Å². The van der Waals surface area contributed by atoms with Gasteiger partial charge in [-0.1, -0.05) is 24.3 Å². The molecule has 1 amide bonds. The molecule has 0 heterocycles. The number of hydrogen-bond acceptors (Lipinski definition) is 7. The molecule has 0 fully saturated rings. The summed E-state index contributed by atoms with van der Waals surface area (Å²) in [4.78, 5) is 22.8. The third-order valence-corrected chi connectivity index (χ3v) is 5.80. The fraction of sp³-hybridized carbons (Fsp3) is 0.120. The lowest BCUT2D eigenvalue weighted by Crippen LogP contribution is -2.13. The van der Waals surface area contributed by atoms with Crippen molar-refractivity contribution >= 4 is 45.9 Å². The fourth-order valence-electron chi connectivity index (χ4n) is 3.13. The van der Waals surface area contributed by atoms with E-state index < -0.39 is 16.6 Å². The van der Waals surface area contributed by atoms with Gasteiger partial charge in [-0.25, -0.2) is 0 Å². The summed E-state index contributed by atoms with van der Waals surface area (Å²) in [6.07, 6.45) is 1.37. The molecule has 0 spiro atoms. The number of nitro groups is 1. The van der Waals surface area contributed by atoms with Gasteiger partial charge in [-0.2, -0.15) is 5.26 Å². The lowest BCUT2D eigenvalue weighted by molar-refractivity contribution is -0.384. The Balaban J connectivity index is 1.83. The number of phenolic OH excluding ortho intramolecular Hbond substituents is 1. The summed E-state index contributed by atoms with van der Waals surface area (Å²) in [5, 5.41) is 32.7. The number of anilines is 1. The molecule has 0 radical (unpaired) electrons. The summed E-state index contributed by atoms with van der Waals surface area (Å²) in [5.74, 6) is -0.309. The van der Waals surface area contributed by atoms with Crippen LogP contribution in [0.25, 0.3) is 6.08 Å². The predicted octanol–water partition coefficient (Wildman–Crippen LogP) is 5.35. The van der Waals surface area contributed by atoms with Crippen LogP contribution in [0.1, 0.15) is 16.7 Å². The number of amides is 1. The normalized spacial score (nSPS) is 10.9. The standard InChI is InChI=1S/C25H20IN3O6/c1-15-5-3-4-6-17(15)14-35-24-20(26)10-16(11-23(24)34-2)9-18(13-27)25(31)28-21-8-7-19(29(32)33)12-22(21)30/h3-12,30H,14H2,1-2H3,(H,28,31). The number of hydrogen-bond donors (Lipinski definition) is 2. The molecule has 3 aromatic carbocycles. The van der Waals surface area contributed by atoms with Crippen LogP contribution in [0.2, 0.25) is 0 Å². The molecule has 3 aromatic rings. The van der Waals surface area contributed by atoms with E-state index >= 15 is 0 Å². The molecule has 0 bridgehead atoms. The van der Waals surface area contributed by atoms with Crippen LogP contribution < -0.4 is 14.8 Å². The molecule has 10 heteroatoms. The highest BCUT2D eigenvalue weighted by atomic mass is 127. The number of benzene rings is 3. The maximum atomic E-state index is 12.6. The van der Waals surface area contributed by atoms with Crippen LogP contribution in [0.3, 0.4) is 0 Å². The molecule has 178 valence electrons. The fourth-order valence-corrected chi connectivity index (χ4v) is 3.91. The molecule has 2 N–H and O–H groups in total. The third kappa shape index (κ3) is 6.27. The van der Waals surface area contributed by atoms with Crippen LogP contribution in [0.15, 0.2) is 60.2 Å². The summed E-state index contributed by atoms with van der Waals surface area (Å²) in [5.41, 5.74) is 2.03. The van der Waals surface area contributed by atoms with Gasteiger partial charge in [-0.05, 0) is 70.5 Å². The Morgan fingerprint density at radius 3 is 2.63 bits per heavy atom. The van der Waals surface area contributed by atoms with E-state index in [0.717, 1.165) is 23.3 Å². The zero-order valence-corrected chi connectivity index (χ0v) is 20.9. The van der Waals surface area contributed by atoms with Gasteiger partial charge < -0.3 is 19.9 Å². The van der Waals surface area contributed by atoms with E-state index in [2.05, 4.69) is 27.9 Å². The second-order valence-electron chi connectivity index (χ2n) is 7.33. The number of nitriles is 1. The molecule has 0 aliphatic carbocycles. The van der Waals surface area contributed by atoms with Gasteiger partial charge in [-0.3, -0.25) is 14.9 Å². The van der Waals surface area contributed by atoms with E-state index in [9.17, 15) is 25.3 Å². The summed E-state index contributed by atoms with van der Waals surface area (Å²) < 4.78 is 12.2. The summed E-state index contributed by atoms with van der Waals surface area (Å²) in [6.45, 7) is 2.35. The molecule has 3 rings (SSSR count). The van der Waals surface area contributed by atoms with Crippen molar-refractivity contribution in [2.24, 2.45) is 0 Å². The minimum Gasteiger partial charge on any atom is -0.506 e. The molecule has 9 nitrogen and oxygen atoms in total. The Morgan fingerprint density at radius 1 is 1.26 bits per heavy atom. The van der Waals surface area contributed by atoms with Crippen molar-refractivity contribution in [2.45, 2.75) is 13.5 Å². The maximum absolute atomic E-state index is 12.6. The lowest BCUT2D eigenvalue weighted by atomic mass is 10.1. The van der Waals surface area contributed by atoms with Crippen molar-refractivity contribution in [2.75, 3.05) is 12.4 Å². The number of non-ortho nitro benzene ring substituents is 1. The minimum atomic E-state index is -0.787. The van der Waals surface area contributed by atoms with Crippen molar-refractivity contribution < 1.29 is 24.3 Å². The monoisotopic (exact) mass is 585 g/mol. The molecule has 0 saturated carbocycles. The number of aromatic hydroxyl groups is 1. The van der Waals surface area contributed by atoms with Crippen LogP contribution in [0.4, 0.5) is 11.4 Å². The highest BCUT2D eigenvalue weighted by Gasteiger charge is 2.17. The van der Waals surface area contributed by atoms with Gasteiger partial charge in [0.1, 0.15) is 24.0 Å². The van der Waals surface area contributed by atoms with Gasteiger partial charge in [0, 0.05) is 6.07 Å². The second-order valence-corrected chi connectivity index (χ2v) is 8.49. The first-order valence-electron chi connectivity index (χ1n) is 10.2. The highest BCUT2D eigenvalue weighted by molar-refractivity contribution is 14.1. The Bertz CT molecular complexity index is 1360. The smallest absolute Gasteiger partial charge is 0.273 e. The third-order valence-electron chi connectivity index (χ3n) is 5.00. The summed E-state index contributed by atoms with van der Waals surface area (Å²) >= 11 is 2.09. The molecule has 35 heavy (non-hydrogen) atoms. The van der Waals surface area contributed by atoms with Crippen molar-refractivity contribution in [1.29, 1.82) is 5.26 Å². The van der Waals surface area contributed by atoms with Crippen LogP contribution in [-0.2, 0) is 11.4 Å². The zero-order chi connectivity index (χ0) is 25.5. The van der Waals surface area contributed by atoms with Crippen molar-refractivity contribution in [1.82, 2.24) is 0 Å². The largest absolute Gasteiger partial charge is 0.506 e. The predicted molar refractivity (Wildman–Crippen MR) is 138 cm³/mol. The van der Waals surface area contributed by atoms with E-state index in [-0.39, 0.29) is 16.9 Å². The summed E-state index contributed by atoms with van der Waals surface area (Å²) in [6, 6.07) is 16.3. The topological polar surface area (TPSA) is 135 Å². The molecule has 0 aliphatic rings. The van der Waals surface area contributed by atoms with Gasteiger partial charge in [0.15, 0.2) is 11.5 Å². The van der Waals surface area contributed by atoms with Gasteiger partial charge in [0.05, 0.1) is 27.4 Å². The van der Waals surface area contributed by atoms with Crippen molar-refractivity contribution in [3.63, 3.8) is 0 Å². The lowest BCUT2D eigenvalue weighted by Gasteiger charge is -2.15. The first-order valence-corrected chi connectivity index (χ1v) is 11.3. The van der Waals surface area contributed by atoms with E-state index in [4.69, 9.17) is 9.47 Å². The van der Waals surface area contributed by atoms with Gasteiger partial charge >= 0.3 is 0 Å². The SMILES string of the molecule is COc1cc(C=C(C#N)C(=O)Nc2ccc([N+](=O)[O-])cc2O)cc(I)c1OCc1ccccc1C. The summed E-state index contributed by atoms with van der Waals surface area (Å²) in [7, 11) is 1.49. The average molecular weight is 585 g/mol. The number of nitrogens with one attached hydrogen (secondary N) is 1. The number of phenols is 1. The average Bonchev–Trinajstić information content (AvgIpc) is 2.83. The molecule has 0 saturated heterocycles. The van der Waals surface area contributed by atoms with Crippen molar-refractivity contribution in [3.8, 4) is 23.3 Å². The molecule has 0 unspecified atom stereocenters. The Hall–Kier alpha value is -4.11. The first kappa shape index (κ1) is 25.5. The number of carbonyl (C=O) groups excluding carboxylic acids is 1. The number of nitrogens with zero attached hydrogens (tertiary/aromatic N) is 2. The maximum Gasteiger partial charge on any atom is 0.273 e. The number of nitro benzene ring substituents is 1. The van der Waals surface area contributed by atoms with Crippen LogP contribution in [-0.4, -0.2) is 23.0 Å². The highest BCUT2D eigenvalue weighted by Crippen LogP contribution is 2.35. The van der Waals surface area contributed by atoms with E-state index in [1.165, 1.54) is 19.3 Å². The van der Waals surface area contributed by atoms with Gasteiger partial charge in [-0.15, -0.1) is 0 Å². The zero-order valence-electron chi connectivity index (χ0n) is 18.7. The number of aryl methyl sites for hydroxylation is 1. The quantitative estimate of drug-likeness (QED) is 0.0910.